The van der Waals surface area contributed by atoms with Gasteiger partial charge in [0, 0.05) is 6.07 Å². The van der Waals surface area contributed by atoms with E-state index in [1.54, 1.807) is 12.3 Å². The van der Waals surface area contributed by atoms with Crippen LogP contribution in [0, 0.1) is 5.92 Å². The minimum atomic E-state index is -0.799. The van der Waals surface area contributed by atoms with E-state index in [0.29, 0.717) is 29.8 Å². The molecule has 3 heterocycles. The van der Waals surface area contributed by atoms with Crippen LogP contribution in [0.1, 0.15) is 18.2 Å². The molecule has 2 aromatic rings. The van der Waals surface area contributed by atoms with E-state index in [9.17, 15) is 4.79 Å². The number of aliphatic carboxylic acids is 1. The Hall–Kier alpha value is -1.95. The van der Waals surface area contributed by atoms with Crippen molar-refractivity contribution in [2.45, 2.75) is 12.5 Å². The molecule has 2 aromatic heterocycles. The highest BCUT2D eigenvalue weighted by Gasteiger charge is 2.35. The number of nitrogens with one attached hydrogen (secondary N) is 1. The van der Waals surface area contributed by atoms with E-state index in [-0.39, 0.29) is 6.04 Å². The standard InChI is InChI=1S/C11H11N3O3/c15-11(16)6-1-2-13-10(6)8-3-7-9(17-8)4-12-5-14-7/h3-6,10,13H,1-2H2,(H,15,16). The minimum Gasteiger partial charge on any atom is -0.481 e. The zero-order valence-corrected chi connectivity index (χ0v) is 8.96. The van der Waals surface area contributed by atoms with E-state index in [4.69, 9.17) is 9.52 Å². The summed E-state index contributed by atoms with van der Waals surface area (Å²) in [5.41, 5.74) is 1.29. The van der Waals surface area contributed by atoms with Crippen molar-refractivity contribution in [1.82, 2.24) is 15.3 Å². The SMILES string of the molecule is O=C(O)C1CCNC1c1cc2ncncc2o1. The van der Waals surface area contributed by atoms with Crippen LogP contribution in [0.5, 0.6) is 0 Å². The topological polar surface area (TPSA) is 88.2 Å². The predicted octanol–water partition coefficient (Wildman–Crippen LogP) is 0.958. The Kier molecular flexibility index (Phi) is 2.29. The first-order valence-electron chi connectivity index (χ1n) is 5.41. The lowest BCUT2D eigenvalue weighted by atomic mass is 9.99. The Labute approximate surface area is 96.7 Å². The summed E-state index contributed by atoms with van der Waals surface area (Å²) in [5, 5.41) is 12.3. The lowest BCUT2D eigenvalue weighted by Crippen LogP contribution is -2.22. The molecule has 17 heavy (non-hydrogen) atoms. The number of carboxylic acid groups (broad SMARTS) is 1. The van der Waals surface area contributed by atoms with Crippen LogP contribution in [0.4, 0.5) is 0 Å². The Balaban J connectivity index is 2.00. The number of aromatic nitrogens is 2. The fourth-order valence-corrected chi connectivity index (χ4v) is 2.23. The number of carboxylic acids is 1. The van der Waals surface area contributed by atoms with Crippen LogP contribution < -0.4 is 5.32 Å². The average Bonchev–Trinajstić information content (AvgIpc) is 2.95. The van der Waals surface area contributed by atoms with E-state index < -0.39 is 11.9 Å². The third-order valence-corrected chi connectivity index (χ3v) is 3.06. The zero-order valence-electron chi connectivity index (χ0n) is 8.96. The summed E-state index contributed by atoms with van der Waals surface area (Å²) >= 11 is 0. The van der Waals surface area contributed by atoms with Gasteiger partial charge in [0.05, 0.1) is 18.2 Å². The summed E-state index contributed by atoms with van der Waals surface area (Å²) in [6, 6.07) is 1.50. The van der Waals surface area contributed by atoms with Gasteiger partial charge in [-0.15, -0.1) is 0 Å². The number of carbonyl (C=O) groups is 1. The molecular weight excluding hydrogens is 222 g/mol. The first kappa shape index (κ1) is 10.2. The van der Waals surface area contributed by atoms with Crippen LogP contribution in [0.15, 0.2) is 23.0 Å². The van der Waals surface area contributed by atoms with Crippen molar-refractivity contribution in [2.75, 3.05) is 6.54 Å². The van der Waals surface area contributed by atoms with Gasteiger partial charge < -0.3 is 14.8 Å². The molecule has 0 bridgehead atoms. The first-order valence-corrected chi connectivity index (χ1v) is 5.41. The molecule has 1 aliphatic rings. The second-order valence-corrected chi connectivity index (χ2v) is 4.09. The van der Waals surface area contributed by atoms with Crippen molar-refractivity contribution >= 4 is 17.1 Å². The van der Waals surface area contributed by atoms with Crippen LogP contribution in [0.3, 0.4) is 0 Å². The molecule has 1 saturated heterocycles. The number of nitrogens with zero attached hydrogens (tertiary/aromatic N) is 2. The van der Waals surface area contributed by atoms with Gasteiger partial charge in [0.2, 0.25) is 0 Å². The number of furan rings is 1. The molecule has 88 valence electrons. The van der Waals surface area contributed by atoms with E-state index in [1.165, 1.54) is 6.33 Å². The van der Waals surface area contributed by atoms with Gasteiger partial charge in [0.1, 0.15) is 17.6 Å². The van der Waals surface area contributed by atoms with Crippen molar-refractivity contribution < 1.29 is 14.3 Å². The Morgan fingerprint density at radius 3 is 3.24 bits per heavy atom. The van der Waals surface area contributed by atoms with Gasteiger partial charge in [-0.3, -0.25) is 4.79 Å². The van der Waals surface area contributed by atoms with E-state index in [0.717, 1.165) is 0 Å². The van der Waals surface area contributed by atoms with Crippen molar-refractivity contribution in [1.29, 1.82) is 0 Å². The molecule has 3 rings (SSSR count). The van der Waals surface area contributed by atoms with Crippen LogP contribution in [-0.2, 0) is 4.79 Å². The summed E-state index contributed by atoms with van der Waals surface area (Å²) in [4.78, 5) is 19.0. The highest BCUT2D eigenvalue weighted by atomic mass is 16.4. The third kappa shape index (κ3) is 1.66. The predicted molar refractivity (Wildman–Crippen MR) is 58.3 cm³/mol. The molecule has 0 aromatic carbocycles. The Morgan fingerprint density at radius 1 is 1.59 bits per heavy atom. The molecular formula is C11H11N3O3. The lowest BCUT2D eigenvalue weighted by molar-refractivity contribution is -0.142. The molecule has 2 N–H and O–H groups in total. The van der Waals surface area contributed by atoms with Crippen LogP contribution in [0.25, 0.3) is 11.1 Å². The summed E-state index contributed by atoms with van der Waals surface area (Å²) < 4.78 is 5.58. The highest BCUT2D eigenvalue weighted by Crippen LogP contribution is 2.32. The second kappa shape index (κ2) is 3.81. The zero-order chi connectivity index (χ0) is 11.8. The first-order chi connectivity index (χ1) is 8.25. The molecule has 1 fully saturated rings. The molecule has 1 aliphatic heterocycles. The van der Waals surface area contributed by atoms with Gasteiger partial charge in [-0.1, -0.05) is 0 Å². The summed E-state index contributed by atoms with van der Waals surface area (Å²) in [6.45, 7) is 0.685. The molecule has 2 atom stereocenters. The monoisotopic (exact) mass is 233 g/mol. The number of rotatable bonds is 2. The van der Waals surface area contributed by atoms with Gasteiger partial charge in [-0.05, 0) is 13.0 Å². The molecule has 6 heteroatoms. The molecule has 0 spiro atoms. The maximum atomic E-state index is 11.1. The normalized spacial score (nSPS) is 24.2. The fraction of sp³-hybridized carbons (Fsp3) is 0.364. The average molecular weight is 233 g/mol. The van der Waals surface area contributed by atoms with Crippen molar-refractivity contribution in [3.05, 3.63) is 24.4 Å². The lowest BCUT2D eigenvalue weighted by Gasteiger charge is -2.12. The van der Waals surface area contributed by atoms with Gasteiger partial charge in [-0.25, -0.2) is 9.97 Å². The highest BCUT2D eigenvalue weighted by molar-refractivity contribution is 5.74. The number of hydrogen-bond acceptors (Lipinski definition) is 5. The second-order valence-electron chi connectivity index (χ2n) is 4.09. The molecule has 0 saturated carbocycles. The van der Waals surface area contributed by atoms with Crippen LogP contribution >= 0.6 is 0 Å². The molecule has 0 radical (unpaired) electrons. The molecule has 0 aliphatic carbocycles. The van der Waals surface area contributed by atoms with Crippen LogP contribution in [-0.4, -0.2) is 27.6 Å². The van der Waals surface area contributed by atoms with Gasteiger partial charge in [0.15, 0.2) is 5.58 Å². The third-order valence-electron chi connectivity index (χ3n) is 3.06. The quantitative estimate of drug-likeness (QED) is 0.803. The van der Waals surface area contributed by atoms with Crippen LogP contribution in [0.2, 0.25) is 0 Å². The summed E-state index contributed by atoms with van der Waals surface area (Å²) in [5.74, 6) is -0.625. The van der Waals surface area contributed by atoms with Crippen molar-refractivity contribution in [3.8, 4) is 0 Å². The Bertz CT molecular complexity index is 533. The van der Waals surface area contributed by atoms with E-state index in [2.05, 4.69) is 15.3 Å². The largest absolute Gasteiger partial charge is 0.481 e. The van der Waals surface area contributed by atoms with Gasteiger partial charge in [0.25, 0.3) is 0 Å². The Morgan fingerprint density at radius 2 is 2.47 bits per heavy atom. The fourth-order valence-electron chi connectivity index (χ4n) is 2.23. The van der Waals surface area contributed by atoms with E-state index in [1.807, 2.05) is 0 Å². The maximum absolute atomic E-state index is 11.1. The molecule has 6 nitrogen and oxygen atoms in total. The summed E-state index contributed by atoms with van der Waals surface area (Å²) in [7, 11) is 0. The van der Waals surface area contributed by atoms with Gasteiger partial charge in [-0.2, -0.15) is 0 Å². The molecule has 0 amide bonds. The van der Waals surface area contributed by atoms with Gasteiger partial charge >= 0.3 is 5.97 Å². The molecule has 2 unspecified atom stereocenters. The van der Waals surface area contributed by atoms with E-state index >= 15 is 0 Å². The summed E-state index contributed by atoms with van der Waals surface area (Å²) in [6.07, 6.45) is 3.64. The number of fused-ring (bicyclic) bond motifs is 1. The smallest absolute Gasteiger partial charge is 0.308 e. The minimum absolute atomic E-state index is 0.276. The number of hydrogen-bond donors (Lipinski definition) is 2. The maximum Gasteiger partial charge on any atom is 0.308 e. The van der Waals surface area contributed by atoms with Crippen molar-refractivity contribution in [3.63, 3.8) is 0 Å². The van der Waals surface area contributed by atoms with Crippen molar-refractivity contribution in [2.24, 2.45) is 5.92 Å².